The third-order valence-electron chi connectivity index (χ3n) is 5.93. The lowest BCUT2D eigenvalue weighted by molar-refractivity contribution is -0.138. The van der Waals surface area contributed by atoms with E-state index in [1.807, 2.05) is 36.4 Å². The number of benzene rings is 2. The highest BCUT2D eigenvalue weighted by Crippen LogP contribution is 2.44. The molecule has 2 aromatic rings. The Morgan fingerprint density at radius 3 is 2.12 bits per heavy atom. The second-order valence-corrected chi connectivity index (χ2v) is 9.55. The zero-order valence-corrected chi connectivity index (χ0v) is 20.1. The molecule has 8 heteroatoms. The van der Waals surface area contributed by atoms with E-state index in [1.54, 1.807) is 32.8 Å². The third-order valence-corrected chi connectivity index (χ3v) is 5.93. The van der Waals surface area contributed by atoms with Crippen LogP contribution in [0, 0.1) is 0 Å². The van der Waals surface area contributed by atoms with Gasteiger partial charge in [0, 0.05) is 24.4 Å². The van der Waals surface area contributed by atoms with Crippen molar-refractivity contribution in [3.05, 3.63) is 59.7 Å². The number of carbonyl (C=O) groups excluding carboxylic acids is 2. The molecule has 0 saturated heterocycles. The van der Waals surface area contributed by atoms with Crippen LogP contribution in [0.1, 0.15) is 43.7 Å². The largest absolute Gasteiger partial charge is 0.481 e. The monoisotopic (exact) mass is 467 g/mol. The highest BCUT2D eigenvalue weighted by atomic mass is 16.5. The topological polar surface area (TPSA) is 108 Å². The van der Waals surface area contributed by atoms with Gasteiger partial charge in [-0.15, -0.1) is 0 Å². The summed E-state index contributed by atoms with van der Waals surface area (Å²) in [5, 5.41) is 14.5. The summed E-state index contributed by atoms with van der Waals surface area (Å²) in [7, 11) is 3.60. The number of likely N-dealkylation sites (N-methyl/N-ethyl adjacent to an activating group) is 1. The number of carbonyl (C=O) groups is 3. The normalized spacial score (nSPS) is 13.7. The zero-order valence-electron chi connectivity index (χ0n) is 20.1. The summed E-state index contributed by atoms with van der Waals surface area (Å²) in [6.07, 6.45) is -0.466. The smallest absolute Gasteiger partial charge is 0.407 e. The molecule has 0 spiro atoms. The van der Waals surface area contributed by atoms with Crippen molar-refractivity contribution < 1.29 is 24.2 Å². The summed E-state index contributed by atoms with van der Waals surface area (Å²) in [4.78, 5) is 38.3. The summed E-state index contributed by atoms with van der Waals surface area (Å²) in [6, 6.07) is 15.3. The molecule has 0 saturated carbocycles. The SMILES string of the molecule is CN(C)C[C@H](NC(=O)OCC1c2ccccc2-c2ccccc21)C(=O)NC(C)(C)CCC(=O)O. The third kappa shape index (κ3) is 6.35. The standard InChI is InChI=1S/C26H33N3O5/c1-26(2,14-13-23(30)31)28-24(32)22(15-29(3)4)27-25(33)34-16-21-19-11-7-5-9-17(19)18-10-6-8-12-20(18)21/h5-12,21-22H,13-16H2,1-4H3,(H,27,33)(H,28,32)(H,30,31)/t22-/m0/s1. The molecule has 8 nitrogen and oxygen atoms in total. The highest BCUT2D eigenvalue weighted by Gasteiger charge is 2.31. The van der Waals surface area contributed by atoms with Crippen LogP contribution in [0.15, 0.2) is 48.5 Å². The molecule has 0 bridgehead atoms. The van der Waals surface area contributed by atoms with Gasteiger partial charge < -0.3 is 25.4 Å². The Balaban J connectivity index is 1.64. The molecule has 1 aliphatic rings. The average Bonchev–Trinajstić information content (AvgIpc) is 3.09. The minimum Gasteiger partial charge on any atom is -0.481 e. The fourth-order valence-corrected chi connectivity index (χ4v) is 4.24. The molecular formula is C26H33N3O5. The number of amides is 2. The summed E-state index contributed by atoms with van der Waals surface area (Å²) < 4.78 is 5.58. The predicted molar refractivity (Wildman–Crippen MR) is 130 cm³/mol. The van der Waals surface area contributed by atoms with Gasteiger partial charge in [-0.1, -0.05) is 48.5 Å². The molecule has 0 aromatic heterocycles. The Hall–Kier alpha value is -3.39. The van der Waals surface area contributed by atoms with Gasteiger partial charge in [-0.3, -0.25) is 9.59 Å². The quantitative estimate of drug-likeness (QED) is 0.495. The number of nitrogens with one attached hydrogen (secondary N) is 2. The van der Waals surface area contributed by atoms with E-state index in [4.69, 9.17) is 9.84 Å². The maximum absolute atomic E-state index is 12.9. The number of carboxylic acids is 1. The highest BCUT2D eigenvalue weighted by molar-refractivity contribution is 5.86. The fraction of sp³-hybridized carbons (Fsp3) is 0.423. The minimum absolute atomic E-state index is 0.0641. The molecule has 3 N–H and O–H groups in total. The van der Waals surface area contributed by atoms with Gasteiger partial charge in [-0.25, -0.2) is 4.79 Å². The van der Waals surface area contributed by atoms with E-state index < -0.39 is 29.6 Å². The van der Waals surface area contributed by atoms with Crippen molar-refractivity contribution in [3.8, 4) is 11.1 Å². The number of rotatable bonds is 10. The first-order valence-corrected chi connectivity index (χ1v) is 11.4. The maximum Gasteiger partial charge on any atom is 0.407 e. The van der Waals surface area contributed by atoms with Crippen molar-refractivity contribution in [2.75, 3.05) is 27.2 Å². The van der Waals surface area contributed by atoms with Crippen LogP contribution in [0.3, 0.4) is 0 Å². The van der Waals surface area contributed by atoms with Crippen LogP contribution in [0.4, 0.5) is 4.79 Å². The minimum atomic E-state index is -0.927. The molecule has 0 heterocycles. The van der Waals surface area contributed by atoms with Crippen LogP contribution in [0.2, 0.25) is 0 Å². The molecule has 2 aromatic carbocycles. The van der Waals surface area contributed by atoms with Gasteiger partial charge in [0.1, 0.15) is 12.6 Å². The molecule has 182 valence electrons. The number of carboxylic acid groups (broad SMARTS) is 1. The number of alkyl carbamates (subject to hydrolysis) is 1. The molecular weight excluding hydrogens is 434 g/mol. The van der Waals surface area contributed by atoms with Crippen LogP contribution in [0.5, 0.6) is 0 Å². The lowest BCUT2D eigenvalue weighted by Crippen LogP contribution is -2.56. The Labute approximate surface area is 200 Å². The first kappa shape index (κ1) is 25.2. The van der Waals surface area contributed by atoms with E-state index in [0.717, 1.165) is 22.3 Å². The van der Waals surface area contributed by atoms with Crippen LogP contribution in [0.25, 0.3) is 11.1 Å². The molecule has 3 rings (SSSR count). The lowest BCUT2D eigenvalue weighted by atomic mass is 9.97. The van der Waals surface area contributed by atoms with Crippen molar-refractivity contribution in [2.24, 2.45) is 0 Å². The lowest BCUT2D eigenvalue weighted by Gasteiger charge is -2.29. The van der Waals surface area contributed by atoms with Crippen LogP contribution < -0.4 is 10.6 Å². The van der Waals surface area contributed by atoms with Crippen molar-refractivity contribution in [3.63, 3.8) is 0 Å². The molecule has 1 aliphatic carbocycles. The van der Waals surface area contributed by atoms with Gasteiger partial charge in [0.25, 0.3) is 0 Å². The van der Waals surface area contributed by atoms with Crippen molar-refractivity contribution in [2.45, 2.75) is 44.2 Å². The Morgan fingerprint density at radius 1 is 1.03 bits per heavy atom. The van der Waals surface area contributed by atoms with Crippen molar-refractivity contribution in [1.82, 2.24) is 15.5 Å². The van der Waals surface area contributed by atoms with E-state index in [1.165, 1.54) is 0 Å². The zero-order chi connectivity index (χ0) is 24.9. The molecule has 0 fully saturated rings. The number of aliphatic carboxylic acids is 1. The van der Waals surface area contributed by atoms with Crippen molar-refractivity contribution >= 4 is 18.0 Å². The van der Waals surface area contributed by atoms with E-state index >= 15 is 0 Å². The van der Waals surface area contributed by atoms with Gasteiger partial charge in [0.05, 0.1) is 0 Å². The number of hydrogen-bond acceptors (Lipinski definition) is 5. The Kier molecular flexibility index (Phi) is 7.94. The number of hydrogen-bond donors (Lipinski definition) is 3. The Morgan fingerprint density at radius 2 is 1.59 bits per heavy atom. The maximum atomic E-state index is 12.9. The van der Waals surface area contributed by atoms with Gasteiger partial charge >= 0.3 is 12.1 Å². The van der Waals surface area contributed by atoms with Crippen LogP contribution in [-0.2, 0) is 14.3 Å². The first-order chi connectivity index (χ1) is 16.1. The van der Waals surface area contributed by atoms with E-state index in [2.05, 4.69) is 22.8 Å². The van der Waals surface area contributed by atoms with Gasteiger partial charge in [-0.05, 0) is 56.6 Å². The average molecular weight is 468 g/mol. The molecule has 0 aliphatic heterocycles. The molecule has 1 atom stereocenters. The molecule has 0 radical (unpaired) electrons. The molecule has 2 amide bonds. The number of nitrogens with zero attached hydrogens (tertiary/aromatic N) is 1. The van der Waals surface area contributed by atoms with Crippen LogP contribution >= 0.6 is 0 Å². The number of fused-ring (bicyclic) bond motifs is 3. The molecule has 0 unspecified atom stereocenters. The van der Waals surface area contributed by atoms with E-state index in [-0.39, 0.29) is 31.9 Å². The second kappa shape index (κ2) is 10.7. The predicted octanol–water partition coefficient (Wildman–Crippen LogP) is 3.21. The summed E-state index contributed by atoms with van der Waals surface area (Å²) in [6.45, 7) is 3.94. The summed E-state index contributed by atoms with van der Waals surface area (Å²) >= 11 is 0. The summed E-state index contributed by atoms with van der Waals surface area (Å²) in [5.74, 6) is -1.39. The van der Waals surface area contributed by atoms with Gasteiger partial charge in [0.15, 0.2) is 0 Å². The van der Waals surface area contributed by atoms with E-state index in [0.29, 0.717) is 0 Å². The second-order valence-electron chi connectivity index (χ2n) is 9.55. The fourth-order valence-electron chi connectivity index (χ4n) is 4.24. The van der Waals surface area contributed by atoms with Gasteiger partial charge in [0.2, 0.25) is 5.91 Å². The van der Waals surface area contributed by atoms with Gasteiger partial charge in [-0.2, -0.15) is 0 Å². The Bertz CT molecular complexity index is 1000. The summed E-state index contributed by atoms with van der Waals surface area (Å²) in [5.41, 5.74) is 3.77. The molecule has 34 heavy (non-hydrogen) atoms. The van der Waals surface area contributed by atoms with Crippen LogP contribution in [-0.4, -0.2) is 66.8 Å². The van der Waals surface area contributed by atoms with E-state index in [9.17, 15) is 14.4 Å². The van der Waals surface area contributed by atoms with Crippen molar-refractivity contribution in [1.29, 1.82) is 0 Å². The number of ether oxygens (including phenoxy) is 1. The first-order valence-electron chi connectivity index (χ1n) is 11.4.